The third kappa shape index (κ3) is 15.9. The highest BCUT2D eigenvalue weighted by Crippen LogP contribution is 2.18. The molecule has 2 atom stereocenters. The van der Waals surface area contributed by atoms with Crippen LogP contribution in [0.25, 0.3) is 0 Å². The predicted octanol–water partition coefficient (Wildman–Crippen LogP) is 7.07. The van der Waals surface area contributed by atoms with Crippen LogP contribution in [0.15, 0.2) is 30.3 Å². The molecule has 1 N–H and O–H groups in total. The first-order valence-corrected chi connectivity index (χ1v) is 12.6. The van der Waals surface area contributed by atoms with Crippen molar-refractivity contribution < 1.29 is 24.2 Å². The topological polar surface area (TPSA) is 72.8 Å². The Morgan fingerprint density at radius 3 is 1.94 bits per heavy atom. The third-order valence-corrected chi connectivity index (χ3v) is 5.77. The van der Waals surface area contributed by atoms with Crippen molar-refractivity contribution >= 4 is 11.9 Å². The van der Waals surface area contributed by atoms with Gasteiger partial charge in [0.25, 0.3) is 0 Å². The van der Waals surface area contributed by atoms with Crippen molar-refractivity contribution in [2.75, 3.05) is 0 Å². The summed E-state index contributed by atoms with van der Waals surface area (Å²) in [6.07, 6.45) is 13.9. The second-order valence-electron chi connectivity index (χ2n) is 8.78. The highest BCUT2D eigenvalue weighted by atomic mass is 16.5. The predicted molar refractivity (Wildman–Crippen MR) is 129 cm³/mol. The summed E-state index contributed by atoms with van der Waals surface area (Å²) in [5.41, 5.74) is 1.12. The van der Waals surface area contributed by atoms with E-state index in [1.54, 1.807) is 0 Å². The van der Waals surface area contributed by atoms with E-state index in [0.29, 0.717) is 13.0 Å². The molecule has 0 aromatic heterocycles. The average Bonchev–Trinajstić information content (AvgIpc) is 2.77. The van der Waals surface area contributed by atoms with Gasteiger partial charge in [0.2, 0.25) is 0 Å². The van der Waals surface area contributed by atoms with Gasteiger partial charge in [0.05, 0.1) is 12.7 Å². The molecule has 182 valence electrons. The number of rotatable bonds is 20. The van der Waals surface area contributed by atoms with Crippen molar-refractivity contribution in [2.45, 2.75) is 123 Å². The molecule has 0 amide bonds. The second kappa shape index (κ2) is 18.7. The average molecular weight is 449 g/mol. The van der Waals surface area contributed by atoms with Crippen molar-refractivity contribution in [3.05, 3.63) is 35.9 Å². The molecule has 32 heavy (non-hydrogen) atoms. The molecule has 0 saturated carbocycles. The normalized spacial score (nSPS) is 12.9. The van der Waals surface area contributed by atoms with Crippen LogP contribution in [0.4, 0.5) is 0 Å². The van der Waals surface area contributed by atoms with E-state index in [0.717, 1.165) is 63.4 Å². The Morgan fingerprint density at radius 2 is 1.38 bits per heavy atom. The van der Waals surface area contributed by atoms with Crippen LogP contribution in [0.2, 0.25) is 0 Å². The van der Waals surface area contributed by atoms with Gasteiger partial charge in [0, 0.05) is 13.3 Å². The van der Waals surface area contributed by atoms with E-state index in [9.17, 15) is 9.59 Å². The maximum absolute atomic E-state index is 11.3. The number of ether oxygens (including phenoxy) is 2. The van der Waals surface area contributed by atoms with Gasteiger partial charge in [-0.1, -0.05) is 82.2 Å². The van der Waals surface area contributed by atoms with Gasteiger partial charge in [0.15, 0.2) is 0 Å². The Bertz CT molecular complexity index is 601. The standard InChI is InChI=1S/C27H44O5/c1-3-4-5-12-18-26(32-23(2)28)19-14-8-6-7-13-17-25(20-21-27(29)30)31-22-24-15-10-9-11-16-24/h9-11,15-16,25-26H,3-8,12-14,17-22H2,1-2H3,(H,29,30). The number of aliphatic carboxylic acids is 1. The van der Waals surface area contributed by atoms with Crippen LogP contribution in [0.3, 0.4) is 0 Å². The maximum Gasteiger partial charge on any atom is 0.303 e. The molecular weight excluding hydrogens is 404 g/mol. The van der Waals surface area contributed by atoms with E-state index < -0.39 is 5.97 Å². The fourth-order valence-corrected chi connectivity index (χ4v) is 3.95. The second-order valence-corrected chi connectivity index (χ2v) is 8.78. The fraction of sp³-hybridized carbons (Fsp3) is 0.704. The lowest BCUT2D eigenvalue weighted by Gasteiger charge is -2.18. The molecular formula is C27H44O5. The fourth-order valence-electron chi connectivity index (χ4n) is 3.95. The van der Waals surface area contributed by atoms with Gasteiger partial charge in [0.1, 0.15) is 6.10 Å². The molecule has 0 aliphatic carbocycles. The van der Waals surface area contributed by atoms with Gasteiger partial charge in [-0.05, 0) is 44.1 Å². The van der Waals surface area contributed by atoms with Crippen LogP contribution in [0.5, 0.6) is 0 Å². The zero-order valence-electron chi connectivity index (χ0n) is 20.2. The molecule has 1 rings (SSSR count). The van der Waals surface area contributed by atoms with Gasteiger partial charge in [-0.3, -0.25) is 9.59 Å². The Labute approximate surface area is 194 Å². The molecule has 0 fully saturated rings. The Hall–Kier alpha value is -1.88. The van der Waals surface area contributed by atoms with Gasteiger partial charge >= 0.3 is 11.9 Å². The lowest BCUT2D eigenvalue weighted by atomic mass is 10.0. The van der Waals surface area contributed by atoms with Crippen molar-refractivity contribution in [3.8, 4) is 0 Å². The first-order valence-electron chi connectivity index (χ1n) is 12.6. The summed E-state index contributed by atoms with van der Waals surface area (Å²) in [4.78, 5) is 22.3. The minimum atomic E-state index is -0.768. The Kier molecular flexibility index (Phi) is 16.4. The van der Waals surface area contributed by atoms with Crippen LogP contribution in [-0.2, 0) is 25.7 Å². The molecule has 1 aromatic carbocycles. The number of esters is 1. The molecule has 5 heteroatoms. The van der Waals surface area contributed by atoms with Gasteiger partial charge < -0.3 is 14.6 Å². The van der Waals surface area contributed by atoms with E-state index in [1.807, 2.05) is 30.3 Å². The van der Waals surface area contributed by atoms with Crippen molar-refractivity contribution in [1.29, 1.82) is 0 Å². The van der Waals surface area contributed by atoms with Crippen molar-refractivity contribution in [3.63, 3.8) is 0 Å². The molecule has 0 radical (unpaired) electrons. The summed E-state index contributed by atoms with van der Waals surface area (Å²) in [6.45, 7) is 4.23. The number of carboxylic acid groups (broad SMARTS) is 1. The highest BCUT2D eigenvalue weighted by molar-refractivity contribution is 5.66. The van der Waals surface area contributed by atoms with Gasteiger partial charge in [-0.25, -0.2) is 0 Å². The zero-order chi connectivity index (χ0) is 23.4. The Morgan fingerprint density at radius 1 is 0.812 bits per heavy atom. The van der Waals surface area contributed by atoms with Crippen LogP contribution >= 0.6 is 0 Å². The van der Waals surface area contributed by atoms with Crippen LogP contribution in [0, 0.1) is 0 Å². The SMILES string of the molecule is CCCCCCC(CCCCCCCC(CCC(=O)O)OCc1ccccc1)OC(C)=O. The lowest BCUT2D eigenvalue weighted by molar-refractivity contribution is -0.147. The van der Waals surface area contributed by atoms with E-state index in [-0.39, 0.29) is 24.6 Å². The molecule has 0 saturated heterocycles. The van der Waals surface area contributed by atoms with Crippen LogP contribution < -0.4 is 0 Å². The summed E-state index contributed by atoms with van der Waals surface area (Å²) < 4.78 is 11.5. The molecule has 0 heterocycles. The maximum atomic E-state index is 11.3. The highest BCUT2D eigenvalue weighted by Gasteiger charge is 2.13. The first-order chi connectivity index (χ1) is 15.5. The number of carbonyl (C=O) groups excluding carboxylic acids is 1. The summed E-state index contributed by atoms with van der Waals surface area (Å²) in [6, 6.07) is 10.0. The number of benzene rings is 1. The molecule has 5 nitrogen and oxygen atoms in total. The molecule has 2 unspecified atom stereocenters. The minimum Gasteiger partial charge on any atom is -0.481 e. The third-order valence-electron chi connectivity index (χ3n) is 5.77. The van der Waals surface area contributed by atoms with Crippen molar-refractivity contribution in [1.82, 2.24) is 0 Å². The summed E-state index contributed by atoms with van der Waals surface area (Å²) >= 11 is 0. The number of hydrogen-bond donors (Lipinski definition) is 1. The van der Waals surface area contributed by atoms with E-state index in [1.165, 1.54) is 26.2 Å². The quantitative estimate of drug-likeness (QED) is 0.171. The molecule has 0 bridgehead atoms. The number of unbranched alkanes of at least 4 members (excludes halogenated alkanes) is 7. The number of hydrogen-bond acceptors (Lipinski definition) is 4. The van der Waals surface area contributed by atoms with E-state index in [2.05, 4.69) is 6.92 Å². The first kappa shape index (κ1) is 28.2. The van der Waals surface area contributed by atoms with Crippen LogP contribution in [0.1, 0.15) is 109 Å². The monoisotopic (exact) mass is 448 g/mol. The minimum absolute atomic E-state index is 0.0113. The zero-order valence-corrected chi connectivity index (χ0v) is 20.2. The van der Waals surface area contributed by atoms with Gasteiger partial charge in [-0.2, -0.15) is 0 Å². The number of carboxylic acids is 1. The largest absolute Gasteiger partial charge is 0.481 e. The summed E-state index contributed by atoms with van der Waals surface area (Å²) in [5.74, 6) is -0.941. The molecule has 1 aromatic rings. The van der Waals surface area contributed by atoms with Gasteiger partial charge in [-0.15, -0.1) is 0 Å². The van der Waals surface area contributed by atoms with E-state index >= 15 is 0 Å². The lowest BCUT2D eigenvalue weighted by Crippen LogP contribution is -2.16. The number of carbonyl (C=O) groups is 2. The molecule has 0 aliphatic heterocycles. The van der Waals surface area contributed by atoms with Crippen molar-refractivity contribution in [2.24, 2.45) is 0 Å². The van der Waals surface area contributed by atoms with Crippen LogP contribution in [-0.4, -0.2) is 29.3 Å². The Balaban J connectivity index is 2.22. The smallest absolute Gasteiger partial charge is 0.303 e. The van der Waals surface area contributed by atoms with E-state index in [4.69, 9.17) is 14.6 Å². The summed E-state index contributed by atoms with van der Waals surface area (Å²) in [7, 11) is 0. The molecule has 0 spiro atoms. The summed E-state index contributed by atoms with van der Waals surface area (Å²) in [5, 5.41) is 9.01. The molecule has 0 aliphatic rings.